The third-order valence-electron chi connectivity index (χ3n) is 7.41. The van der Waals surface area contributed by atoms with Crippen molar-refractivity contribution in [1.29, 1.82) is 0 Å². The van der Waals surface area contributed by atoms with Gasteiger partial charge in [-0.3, -0.25) is 0 Å². The summed E-state index contributed by atoms with van der Waals surface area (Å²) in [4.78, 5) is 25.2. The predicted octanol–water partition coefficient (Wildman–Crippen LogP) is 7.19. The highest BCUT2D eigenvalue weighted by Gasteiger charge is 2.49. The van der Waals surface area contributed by atoms with Gasteiger partial charge in [0.1, 0.15) is 11.5 Å². The van der Waals surface area contributed by atoms with Gasteiger partial charge in [0.2, 0.25) is 0 Å². The Labute approximate surface area is 302 Å². The maximum atomic E-state index is 12.6. The zero-order chi connectivity index (χ0) is 38.2. The molecule has 12 nitrogen and oxygen atoms in total. The molecule has 0 aliphatic rings. The molecular weight excluding hydrogens is 660 g/mol. The molecule has 0 aromatic heterocycles. The quantitative estimate of drug-likeness (QED) is 0.0620. The van der Waals surface area contributed by atoms with Crippen molar-refractivity contribution < 1.29 is 57.0 Å². The van der Waals surface area contributed by atoms with Crippen LogP contribution in [0.25, 0.3) is 0 Å². The molecule has 2 atom stereocenters. The molecular formula is C39H56O12. The molecule has 2 unspecified atom stereocenters. The normalized spacial score (nSPS) is 13.2. The molecule has 0 amide bonds. The number of benzene rings is 2. The van der Waals surface area contributed by atoms with E-state index in [0.717, 1.165) is 11.1 Å². The van der Waals surface area contributed by atoms with Gasteiger partial charge >= 0.3 is 36.5 Å². The summed E-state index contributed by atoms with van der Waals surface area (Å²) in [5.74, 6) is -4.21. The Morgan fingerprint density at radius 3 is 1.00 bits per heavy atom. The van der Waals surface area contributed by atoms with Gasteiger partial charge in [-0.1, -0.05) is 51.3 Å². The second-order valence-electron chi connectivity index (χ2n) is 11.7. The maximum Gasteiger partial charge on any atom is 0.362 e. The van der Waals surface area contributed by atoms with Gasteiger partial charge in [0, 0.05) is 56.2 Å². The Hall–Kier alpha value is -3.78. The molecule has 0 saturated heterocycles. The minimum Gasteiger partial charge on any atom is -0.447 e. The van der Waals surface area contributed by atoms with E-state index < -0.39 is 41.9 Å². The average Bonchev–Trinajstić information content (AvgIpc) is 3.08. The van der Waals surface area contributed by atoms with Crippen LogP contribution in [0.4, 0.5) is 0 Å². The van der Waals surface area contributed by atoms with Gasteiger partial charge in [-0.2, -0.15) is 0 Å². The molecule has 12 heteroatoms. The van der Waals surface area contributed by atoms with E-state index in [-0.39, 0.29) is 50.8 Å². The van der Waals surface area contributed by atoms with E-state index in [0.29, 0.717) is 11.5 Å². The second kappa shape index (κ2) is 20.3. The first-order valence-corrected chi connectivity index (χ1v) is 17.3. The molecule has 2 aromatic carbocycles. The largest absolute Gasteiger partial charge is 0.447 e. The number of carbonyl (C=O) groups is 2. The second-order valence-corrected chi connectivity index (χ2v) is 11.7. The molecule has 0 N–H and O–H groups in total. The minimum atomic E-state index is -1.80. The van der Waals surface area contributed by atoms with E-state index in [4.69, 9.17) is 47.4 Å². The van der Waals surface area contributed by atoms with Crippen LogP contribution in [0.1, 0.15) is 80.4 Å². The highest BCUT2D eigenvalue weighted by Crippen LogP contribution is 2.35. The molecule has 0 aliphatic heterocycles. The van der Waals surface area contributed by atoms with Crippen molar-refractivity contribution in [1.82, 2.24) is 0 Å². The predicted molar refractivity (Wildman–Crippen MR) is 191 cm³/mol. The summed E-state index contributed by atoms with van der Waals surface area (Å²) in [5.41, 5.74) is 1.79. The topological polar surface area (TPSA) is 126 Å². The Kier molecular flexibility index (Phi) is 17.3. The zero-order valence-electron chi connectivity index (χ0n) is 31.8. The first-order valence-electron chi connectivity index (χ1n) is 17.3. The average molecular weight is 717 g/mol. The number of hydrogen-bond donors (Lipinski definition) is 0. The lowest BCUT2D eigenvalue weighted by Crippen LogP contribution is -2.54. The van der Waals surface area contributed by atoms with Crippen LogP contribution in [0, 0.1) is 0 Å². The molecule has 0 heterocycles. The smallest absolute Gasteiger partial charge is 0.362 e. The van der Waals surface area contributed by atoms with Gasteiger partial charge in [-0.15, -0.1) is 0 Å². The zero-order valence-corrected chi connectivity index (χ0v) is 31.8. The summed E-state index contributed by atoms with van der Waals surface area (Å²) in [7, 11) is 0. The lowest BCUT2D eigenvalue weighted by atomic mass is 9.78. The lowest BCUT2D eigenvalue weighted by Gasteiger charge is -2.37. The minimum absolute atomic E-state index is 0.177. The fourth-order valence-corrected chi connectivity index (χ4v) is 4.91. The highest BCUT2D eigenvalue weighted by molar-refractivity contribution is 5.87. The number of rotatable bonds is 24. The summed E-state index contributed by atoms with van der Waals surface area (Å²) in [6.45, 7) is 26.4. The van der Waals surface area contributed by atoms with Crippen molar-refractivity contribution in [3.05, 3.63) is 84.0 Å². The van der Waals surface area contributed by atoms with E-state index >= 15 is 0 Å². The molecule has 0 spiro atoms. The van der Waals surface area contributed by atoms with Crippen LogP contribution in [0.15, 0.2) is 72.8 Å². The van der Waals surface area contributed by atoms with Crippen LogP contribution in [0.5, 0.6) is 11.5 Å². The molecule has 2 aromatic rings. The monoisotopic (exact) mass is 716 g/mol. The first kappa shape index (κ1) is 43.4. The van der Waals surface area contributed by atoms with Crippen molar-refractivity contribution in [3.8, 4) is 11.5 Å². The van der Waals surface area contributed by atoms with Gasteiger partial charge in [0.25, 0.3) is 0 Å². The highest BCUT2D eigenvalue weighted by atomic mass is 16.9. The van der Waals surface area contributed by atoms with Crippen LogP contribution < -0.4 is 9.47 Å². The number of hydrogen-bond acceptors (Lipinski definition) is 12. The van der Waals surface area contributed by atoms with Gasteiger partial charge < -0.3 is 47.4 Å². The number of esters is 2. The van der Waals surface area contributed by atoms with Gasteiger partial charge in [0.15, 0.2) is 0 Å². The summed E-state index contributed by atoms with van der Waals surface area (Å²) in [5, 5.41) is 0. The summed E-state index contributed by atoms with van der Waals surface area (Å²) in [6.07, 6.45) is -2.81. The molecule has 51 heavy (non-hydrogen) atoms. The summed E-state index contributed by atoms with van der Waals surface area (Å²) in [6, 6.07) is 14.7. The maximum absolute atomic E-state index is 12.6. The Morgan fingerprint density at radius 1 is 0.529 bits per heavy atom. The summed E-state index contributed by atoms with van der Waals surface area (Å²) >= 11 is 0. The SMILES string of the molecule is C=C(C)C(=O)OC(Oc1ccc(C(C)(C)c2ccc(OC(OC(=O)C(=C)C)C(OCC)(OCC)OCC)cc2)cc1)C(OCC)(OCC)OCC. The van der Waals surface area contributed by atoms with E-state index in [9.17, 15) is 9.59 Å². The van der Waals surface area contributed by atoms with Gasteiger partial charge in [0.05, 0.1) is 0 Å². The van der Waals surface area contributed by atoms with Crippen molar-refractivity contribution in [2.45, 2.75) is 99.2 Å². The van der Waals surface area contributed by atoms with Crippen LogP contribution in [0.3, 0.4) is 0 Å². The van der Waals surface area contributed by atoms with Crippen molar-refractivity contribution in [2.75, 3.05) is 39.6 Å². The Morgan fingerprint density at radius 2 is 0.784 bits per heavy atom. The van der Waals surface area contributed by atoms with Crippen molar-refractivity contribution in [2.24, 2.45) is 0 Å². The first-order chi connectivity index (χ1) is 24.2. The van der Waals surface area contributed by atoms with E-state index in [2.05, 4.69) is 27.0 Å². The lowest BCUT2D eigenvalue weighted by molar-refractivity contribution is -0.436. The van der Waals surface area contributed by atoms with Crippen LogP contribution in [-0.4, -0.2) is 76.1 Å². The molecule has 0 saturated carbocycles. The molecule has 2 rings (SSSR count). The third kappa shape index (κ3) is 11.6. The molecule has 0 radical (unpaired) electrons. The molecule has 0 bridgehead atoms. The molecule has 0 aliphatic carbocycles. The Bertz CT molecular complexity index is 1260. The van der Waals surface area contributed by atoms with Crippen molar-refractivity contribution in [3.63, 3.8) is 0 Å². The third-order valence-corrected chi connectivity index (χ3v) is 7.41. The van der Waals surface area contributed by atoms with Crippen LogP contribution in [-0.2, 0) is 52.9 Å². The number of carbonyl (C=O) groups excluding carboxylic acids is 2. The van der Waals surface area contributed by atoms with E-state index in [1.807, 2.05) is 24.3 Å². The van der Waals surface area contributed by atoms with E-state index in [1.165, 1.54) is 13.8 Å². The number of ether oxygens (including phenoxy) is 10. The van der Waals surface area contributed by atoms with E-state index in [1.54, 1.807) is 65.8 Å². The molecule has 0 fully saturated rings. The van der Waals surface area contributed by atoms with Crippen LogP contribution >= 0.6 is 0 Å². The van der Waals surface area contributed by atoms with Gasteiger partial charge in [-0.25, -0.2) is 9.59 Å². The Balaban J connectivity index is 2.41. The van der Waals surface area contributed by atoms with Gasteiger partial charge in [-0.05, 0) is 90.8 Å². The fraction of sp³-hybridized carbons (Fsp3) is 0.538. The standard InChI is InChI=1S/C39H56O12/c1-13-42-38(43-14-2,44-15-3)35(50-33(40)27(7)8)48-31-23-19-29(20-24-31)37(11,12)30-21-25-32(26-22-30)49-36(51-34(41)28(9)10)39(45-16-4,46-17-5)47-18-6/h19-26,35-36H,7,9,13-18H2,1-6,8,10-12H3. The summed E-state index contributed by atoms with van der Waals surface area (Å²) < 4.78 is 58.6. The van der Waals surface area contributed by atoms with Crippen LogP contribution in [0.2, 0.25) is 0 Å². The molecule has 284 valence electrons. The fourth-order valence-electron chi connectivity index (χ4n) is 4.91. The van der Waals surface area contributed by atoms with Crippen molar-refractivity contribution >= 4 is 11.9 Å².